The third kappa shape index (κ3) is 3.28. The molecule has 0 aliphatic heterocycles. The molecule has 2 aromatic heterocycles. The topological polar surface area (TPSA) is 105 Å². The fraction of sp³-hybridized carbons (Fsp3) is 0.250. The van der Waals surface area contributed by atoms with Gasteiger partial charge in [-0.3, -0.25) is 14.9 Å². The van der Waals surface area contributed by atoms with Crippen molar-refractivity contribution in [3.05, 3.63) is 41.3 Å². The van der Waals surface area contributed by atoms with E-state index < -0.39 is 17.3 Å². The number of furan rings is 1. The first-order chi connectivity index (χ1) is 11.6. The van der Waals surface area contributed by atoms with E-state index in [0.717, 1.165) is 11.3 Å². The minimum atomic E-state index is -1.44. The van der Waals surface area contributed by atoms with Gasteiger partial charge in [0.15, 0.2) is 5.41 Å². The average Bonchev–Trinajstić information content (AvgIpc) is 3.25. The molecule has 0 spiro atoms. The van der Waals surface area contributed by atoms with Crippen molar-refractivity contribution >= 4 is 40.5 Å². The van der Waals surface area contributed by atoms with Crippen molar-refractivity contribution in [2.75, 3.05) is 5.32 Å². The second kappa shape index (κ2) is 6.79. The number of carbonyl (C=O) groups is 2. The molecule has 0 saturated heterocycles. The number of allylic oxidation sites excluding steroid dienone is 2. The Morgan fingerprint density at radius 1 is 1.33 bits per heavy atom. The van der Waals surface area contributed by atoms with Gasteiger partial charge < -0.3 is 9.52 Å². The Labute approximate surface area is 141 Å². The average molecular weight is 345 g/mol. The van der Waals surface area contributed by atoms with Crippen molar-refractivity contribution in [3.63, 3.8) is 0 Å². The number of aromatic nitrogens is 2. The highest BCUT2D eigenvalue weighted by Gasteiger charge is 2.46. The van der Waals surface area contributed by atoms with Gasteiger partial charge in [-0.2, -0.15) is 0 Å². The Balaban J connectivity index is 1.70. The Bertz CT molecular complexity index is 794. The molecule has 8 heteroatoms. The lowest BCUT2D eigenvalue weighted by molar-refractivity contribution is -0.154. The molecule has 1 amide bonds. The molecule has 1 aliphatic carbocycles. The Kier molecular flexibility index (Phi) is 4.57. The van der Waals surface area contributed by atoms with Gasteiger partial charge in [0.2, 0.25) is 11.0 Å². The van der Waals surface area contributed by atoms with Gasteiger partial charge >= 0.3 is 5.97 Å². The molecule has 2 heterocycles. The first kappa shape index (κ1) is 16.1. The summed E-state index contributed by atoms with van der Waals surface area (Å²) in [7, 11) is 0. The van der Waals surface area contributed by atoms with Crippen LogP contribution < -0.4 is 5.32 Å². The van der Waals surface area contributed by atoms with Crippen LogP contribution in [0.3, 0.4) is 0 Å². The zero-order valence-electron chi connectivity index (χ0n) is 12.6. The van der Waals surface area contributed by atoms with Crippen molar-refractivity contribution in [2.24, 2.45) is 5.41 Å². The normalized spacial score (nSPS) is 20.3. The molecule has 1 aliphatic rings. The number of carboxylic acid groups (broad SMARTS) is 1. The molecular formula is C16H15N3O4S. The number of amides is 1. The summed E-state index contributed by atoms with van der Waals surface area (Å²) in [5.41, 5.74) is -1.44. The van der Waals surface area contributed by atoms with Gasteiger partial charge in [0, 0.05) is 0 Å². The second-order valence-electron chi connectivity index (χ2n) is 5.35. The number of carboxylic acids is 1. The first-order valence-electron chi connectivity index (χ1n) is 7.35. The fourth-order valence-electron chi connectivity index (χ4n) is 2.44. The standard InChI is InChI=1S/C16H15N3O4S/c20-13(16(14(21)22)8-2-1-3-9-16)17-15-19-18-12(24-15)7-6-11-5-4-10-23-11/h1-2,4-7,10H,3,8-9H2,(H,21,22)(H,17,19,20)/b7-6+. The predicted octanol–water partition coefficient (Wildman–Crippen LogP) is 3.05. The highest BCUT2D eigenvalue weighted by Crippen LogP contribution is 2.35. The van der Waals surface area contributed by atoms with E-state index >= 15 is 0 Å². The van der Waals surface area contributed by atoms with Crippen LogP contribution in [0.2, 0.25) is 0 Å². The minimum absolute atomic E-state index is 0.179. The van der Waals surface area contributed by atoms with E-state index in [9.17, 15) is 14.7 Å². The Morgan fingerprint density at radius 3 is 2.88 bits per heavy atom. The van der Waals surface area contributed by atoms with Crippen LogP contribution in [0.1, 0.15) is 30.0 Å². The number of nitrogens with zero attached hydrogens (tertiary/aromatic N) is 2. The van der Waals surface area contributed by atoms with E-state index in [1.165, 1.54) is 0 Å². The SMILES string of the molecule is O=C(O)C1(C(=O)Nc2nnc(/C=C/c3ccco3)s2)CC=CCC1. The zero-order chi connectivity index (χ0) is 17.0. The quantitative estimate of drug-likeness (QED) is 0.637. The third-order valence-corrected chi connectivity index (χ3v) is 4.61. The minimum Gasteiger partial charge on any atom is -0.480 e. The van der Waals surface area contributed by atoms with Crippen LogP contribution in [0, 0.1) is 5.41 Å². The van der Waals surface area contributed by atoms with Crippen LogP contribution in [0.25, 0.3) is 12.2 Å². The summed E-state index contributed by atoms with van der Waals surface area (Å²) in [5.74, 6) is -1.00. The van der Waals surface area contributed by atoms with E-state index in [1.54, 1.807) is 36.6 Å². The molecule has 0 saturated carbocycles. The first-order valence-corrected chi connectivity index (χ1v) is 8.17. The number of aliphatic carboxylic acids is 1. The molecular weight excluding hydrogens is 330 g/mol. The predicted molar refractivity (Wildman–Crippen MR) is 89.2 cm³/mol. The molecule has 0 aromatic carbocycles. The lowest BCUT2D eigenvalue weighted by Crippen LogP contribution is -2.43. The summed E-state index contributed by atoms with van der Waals surface area (Å²) in [6, 6.07) is 3.57. The number of anilines is 1. The van der Waals surface area contributed by atoms with Crippen LogP contribution >= 0.6 is 11.3 Å². The molecule has 0 radical (unpaired) electrons. The van der Waals surface area contributed by atoms with Gasteiger partial charge in [-0.25, -0.2) is 0 Å². The van der Waals surface area contributed by atoms with Crippen molar-refractivity contribution in [1.29, 1.82) is 0 Å². The van der Waals surface area contributed by atoms with Gasteiger partial charge in [-0.15, -0.1) is 10.2 Å². The van der Waals surface area contributed by atoms with E-state index in [-0.39, 0.29) is 18.0 Å². The number of hydrogen-bond acceptors (Lipinski definition) is 6. The monoisotopic (exact) mass is 345 g/mol. The maximum absolute atomic E-state index is 12.5. The van der Waals surface area contributed by atoms with Crippen LogP contribution in [0.15, 0.2) is 35.0 Å². The van der Waals surface area contributed by atoms with Gasteiger partial charge in [-0.05, 0) is 43.5 Å². The Hall–Kier alpha value is -2.74. The lowest BCUT2D eigenvalue weighted by atomic mass is 9.76. The fourth-order valence-corrected chi connectivity index (χ4v) is 3.08. The number of carbonyl (C=O) groups excluding carboxylic acids is 1. The van der Waals surface area contributed by atoms with Gasteiger partial charge in [-0.1, -0.05) is 23.5 Å². The molecule has 2 N–H and O–H groups in total. The van der Waals surface area contributed by atoms with Gasteiger partial charge in [0.25, 0.3) is 0 Å². The summed E-state index contributed by atoms with van der Waals surface area (Å²) < 4.78 is 5.17. The van der Waals surface area contributed by atoms with E-state index in [0.29, 0.717) is 17.2 Å². The molecule has 1 unspecified atom stereocenters. The summed E-state index contributed by atoms with van der Waals surface area (Å²) in [5, 5.41) is 20.7. The number of nitrogens with one attached hydrogen (secondary N) is 1. The van der Waals surface area contributed by atoms with E-state index in [1.807, 2.05) is 6.08 Å². The lowest BCUT2D eigenvalue weighted by Gasteiger charge is -2.28. The summed E-state index contributed by atoms with van der Waals surface area (Å²) in [6.07, 6.45) is 9.64. The van der Waals surface area contributed by atoms with Crippen LogP contribution in [-0.2, 0) is 9.59 Å². The number of hydrogen-bond donors (Lipinski definition) is 2. The maximum atomic E-state index is 12.5. The highest BCUT2D eigenvalue weighted by molar-refractivity contribution is 7.16. The summed E-state index contributed by atoms with van der Waals surface area (Å²) in [6.45, 7) is 0. The van der Waals surface area contributed by atoms with Crippen LogP contribution in [0.5, 0.6) is 0 Å². The summed E-state index contributed by atoms with van der Waals surface area (Å²) >= 11 is 1.16. The van der Waals surface area contributed by atoms with Crippen LogP contribution in [-0.4, -0.2) is 27.2 Å². The molecule has 24 heavy (non-hydrogen) atoms. The van der Waals surface area contributed by atoms with Crippen LogP contribution in [0.4, 0.5) is 5.13 Å². The third-order valence-electron chi connectivity index (χ3n) is 3.81. The summed E-state index contributed by atoms with van der Waals surface area (Å²) in [4.78, 5) is 24.1. The largest absolute Gasteiger partial charge is 0.480 e. The van der Waals surface area contributed by atoms with Crippen molar-refractivity contribution < 1.29 is 19.1 Å². The number of rotatable bonds is 5. The highest BCUT2D eigenvalue weighted by atomic mass is 32.1. The molecule has 1 atom stereocenters. The zero-order valence-corrected chi connectivity index (χ0v) is 13.5. The Morgan fingerprint density at radius 2 is 2.21 bits per heavy atom. The van der Waals surface area contributed by atoms with E-state index in [2.05, 4.69) is 15.5 Å². The molecule has 0 fully saturated rings. The van der Waals surface area contributed by atoms with Crippen molar-refractivity contribution in [2.45, 2.75) is 19.3 Å². The van der Waals surface area contributed by atoms with Crippen molar-refractivity contribution in [1.82, 2.24) is 10.2 Å². The second-order valence-corrected chi connectivity index (χ2v) is 6.36. The maximum Gasteiger partial charge on any atom is 0.319 e. The van der Waals surface area contributed by atoms with Gasteiger partial charge in [0.05, 0.1) is 6.26 Å². The molecule has 0 bridgehead atoms. The van der Waals surface area contributed by atoms with Gasteiger partial charge in [0.1, 0.15) is 10.8 Å². The van der Waals surface area contributed by atoms with Crippen molar-refractivity contribution in [3.8, 4) is 0 Å². The molecule has 3 rings (SSSR count). The molecule has 7 nitrogen and oxygen atoms in total. The molecule has 2 aromatic rings. The molecule has 124 valence electrons. The smallest absolute Gasteiger partial charge is 0.319 e. The van der Waals surface area contributed by atoms with E-state index in [4.69, 9.17) is 4.42 Å².